The summed E-state index contributed by atoms with van der Waals surface area (Å²) in [6.45, 7) is 0. The summed E-state index contributed by atoms with van der Waals surface area (Å²) >= 11 is 5.93. The molecule has 23 heavy (non-hydrogen) atoms. The van der Waals surface area contributed by atoms with Crippen LogP contribution in [-0.4, -0.2) is 10.4 Å². The molecule has 0 aliphatic carbocycles. The molecule has 0 aliphatic rings. The topological polar surface area (TPSA) is 22.0 Å². The number of ketones is 1. The van der Waals surface area contributed by atoms with Gasteiger partial charge < -0.3 is 4.57 Å². The molecule has 3 aromatic rings. The molecule has 3 rings (SSSR count). The van der Waals surface area contributed by atoms with Gasteiger partial charge in [0, 0.05) is 29.2 Å². The number of rotatable bonds is 4. The number of hydrogen-bond donors (Lipinski definition) is 0. The maximum Gasteiger partial charge on any atom is 0.185 e. The van der Waals surface area contributed by atoms with E-state index in [-0.39, 0.29) is 16.4 Å². The Morgan fingerprint density at radius 3 is 2.35 bits per heavy atom. The Labute approximate surface area is 138 Å². The van der Waals surface area contributed by atoms with Crippen LogP contribution in [0.25, 0.3) is 11.8 Å². The fourth-order valence-corrected chi connectivity index (χ4v) is 2.46. The molecule has 0 saturated carbocycles. The summed E-state index contributed by atoms with van der Waals surface area (Å²) in [5.74, 6) is -0.659. The maximum atomic E-state index is 13.7. The Bertz CT molecular complexity index is 831. The molecule has 1 heterocycles. The van der Waals surface area contributed by atoms with Gasteiger partial charge in [0.1, 0.15) is 5.82 Å². The van der Waals surface area contributed by atoms with Gasteiger partial charge in [-0.15, -0.1) is 0 Å². The number of hydrogen-bond acceptors (Lipinski definition) is 1. The molecule has 0 fully saturated rings. The highest BCUT2D eigenvalue weighted by molar-refractivity contribution is 6.32. The highest BCUT2D eigenvalue weighted by Crippen LogP contribution is 2.20. The Balaban J connectivity index is 1.80. The molecule has 2 nitrogen and oxygen atoms in total. The number of carbonyl (C=O) groups is 1. The lowest BCUT2D eigenvalue weighted by Crippen LogP contribution is -1.96. The minimum atomic E-state index is -0.454. The van der Waals surface area contributed by atoms with Crippen LogP contribution in [0.1, 0.15) is 15.9 Å². The third-order valence-corrected chi connectivity index (χ3v) is 3.79. The van der Waals surface area contributed by atoms with Crippen molar-refractivity contribution in [2.24, 2.45) is 0 Å². The molecule has 0 spiro atoms. The summed E-state index contributed by atoms with van der Waals surface area (Å²) in [4.78, 5) is 12.2. The Morgan fingerprint density at radius 2 is 1.70 bits per heavy atom. The molecule has 4 heteroatoms. The first-order valence-corrected chi connectivity index (χ1v) is 7.43. The van der Waals surface area contributed by atoms with Crippen LogP contribution in [0.15, 0.2) is 73.1 Å². The molecular formula is C19H13ClFNO. The van der Waals surface area contributed by atoms with E-state index in [1.807, 2.05) is 41.2 Å². The third-order valence-electron chi connectivity index (χ3n) is 3.46. The fraction of sp³-hybridized carbons (Fsp3) is 0. The smallest absolute Gasteiger partial charge is 0.185 e. The number of benzene rings is 2. The van der Waals surface area contributed by atoms with Crippen molar-refractivity contribution in [2.75, 3.05) is 0 Å². The lowest BCUT2D eigenvalue weighted by molar-refractivity contribution is 0.104. The van der Waals surface area contributed by atoms with Crippen molar-refractivity contribution in [1.29, 1.82) is 0 Å². The summed E-state index contributed by atoms with van der Waals surface area (Å²) in [5.41, 5.74) is 1.71. The van der Waals surface area contributed by atoms with Gasteiger partial charge in [-0.25, -0.2) is 4.39 Å². The fourth-order valence-electron chi connectivity index (χ4n) is 2.23. The average molecular weight is 326 g/mol. The van der Waals surface area contributed by atoms with Crippen LogP contribution in [0.2, 0.25) is 5.02 Å². The number of halogens is 2. The third kappa shape index (κ3) is 3.41. The Morgan fingerprint density at radius 1 is 1.00 bits per heavy atom. The minimum Gasteiger partial charge on any atom is -0.324 e. The normalized spacial score (nSPS) is 11.0. The van der Waals surface area contributed by atoms with Crippen molar-refractivity contribution in [2.45, 2.75) is 0 Å². The second kappa shape index (κ2) is 6.63. The molecule has 0 atom stereocenters. The number of carbonyl (C=O) groups excluding carboxylic acids is 1. The van der Waals surface area contributed by atoms with E-state index in [4.69, 9.17) is 11.6 Å². The quantitative estimate of drug-likeness (QED) is 0.479. The average Bonchev–Trinajstić information content (AvgIpc) is 3.09. The molecule has 0 N–H and O–H groups in total. The van der Waals surface area contributed by atoms with E-state index in [1.54, 1.807) is 18.2 Å². The molecule has 114 valence electrons. The van der Waals surface area contributed by atoms with Crippen LogP contribution in [0.4, 0.5) is 4.39 Å². The molecule has 0 radical (unpaired) electrons. The Kier molecular flexibility index (Phi) is 4.40. The molecular weight excluding hydrogens is 313 g/mol. The number of aromatic nitrogens is 1. The van der Waals surface area contributed by atoms with Crippen LogP contribution in [0.3, 0.4) is 0 Å². The van der Waals surface area contributed by atoms with Gasteiger partial charge in [-0.3, -0.25) is 4.79 Å². The lowest BCUT2D eigenvalue weighted by atomic mass is 10.1. The van der Waals surface area contributed by atoms with Gasteiger partial charge in [-0.05, 0) is 60.7 Å². The van der Waals surface area contributed by atoms with Crippen molar-refractivity contribution in [3.63, 3.8) is 0 Å². The van der Waals surface area contributed by atoms with Crippen LogP contribution in [-0.2, 0) is 0 Å². The van der Waals surface area contributed by atoms with Crippen LogP contribution in [0.5, 0.6) is 0 Å². The van der Waals surface area contributed by atoms with E-state index < -0.39 is 5.82 Å². The molecule has 0 amide bonds. The van der Waals surface area contributed by atoms with Crippen molar-refractivity contribution >= 4 is 23.5 Å². The van der Waals surface area contributed by atoms with Gasteiger partial charge in [-0.2, -0.15) is 0 Å². The maximum absolute atomic E-state index is 13.7. The molecule has 0 unspecified atom stereocenters. The standard InChI is InChI=1S/C19H13ClFNO/c20-17-4-3-5-18(21)16(17)10-11-19(23)14-6-8-15(9-7-14)22-12-1-2-13-22/h1-13H/b11-10+. The zero-order valence-corrected chi connectivity index (χ0v) is 12.9. The summed E-state index contributed by atoms with van der Waals surface area (Å²) in [5, 5.41) is 0.275. The summed E-state index contributed by atoms with van der Waals surface area (Å²) in [6, 6.07) is 15.5. The summed E-state index contributed by atoms with van der Waals surface area (Å²) in [6.07, 6.45) is 6.59. The van der Waals surface area contributed by atoms with Crippen LogP contribution >= 0.6 is 11.6 Å². The van der Waals surface area contributed by atoms with Crippen molar-refractivity contribution in [1.82, 2.24) is 4.57 Å². The van der Waals surface area contributed by atoms with E-state index >= 15 is 0 Å². The van der Waals surface area contributed by atoms with Crippen LogP contribution in [0, 0.1) is 5.82 Å². The first-order valence-electron chi connectivity index (χ1n) is 7.05. The second-order valence-electron chi connectivity index (χ2n) is 4.97. The molecule has 0 aliphatic heterocycles. The first kappa shape index (κ1) is 15.3. The van der Waals surface area contributed by atoms with Gasteiger partial charge in [0.15, 0.2) is 5.78 Å². The van der Waals surface area contributed by atoms with Gasteiger partial charge in [0.25, 0.3) is 0 Å². The summed E-state index contributed by atoms with van der Waals surface area (Å²) < 4.78 is 15.6. The molecule has 0 bridgehead atoms. The van der Waals surface area contributed by atoms with Gasteiger partial charge in [0.05, 0.1) is 5.02 Å². The van der Waals surface area contributed by atoms with Gasteiger partial charge in [-0.1, -0.05) is 17.7 Å². The second-order valence-corrected chi connectivity index (χ2v) is 5.38. The van der Waals surface area contributed by atoms with Crippen molar-refractivity contribution < 1.29 is 9.18 Å². The SMILES string of the molecule is O=C(/C=C/c1c(F)cccc1Cl)c1ccc(-n2cccc2)cc1. The first-order chi connectivity index (χ1) is 11.1. The van der Waals surface area contributed by atoms with E-state index in [0.29, 0.717) is 5.56 Å². The van der Waals surface area contributed by atoms with E-state index in [0.717, 1.165) is 5.69 Å². The van der Waals surface area contributed by atoms with E-state index in [9.17, 15) is 9.18 Å². The molecule has 0 saturated heterocycles. The minimum absolute atomic E-state index is 0.205. The highest BCUT2D eigenvalue weighted by Gasteiger charge is 2.06. The van der Waals surface area contributed by atoms with Crippen LogP contribution < -0.4 is 0 Å². The predicted octanol–water partition coefficient (Wildman–Crippen LogP) is 5.17. The summed E-state index contributed by atoms with van der Waals surface area (Å²) in [7, 11) is 0. The molecule has 1 aromatic heterocycles. The monoisotopic (exact) mass is 325 g/mol. The molecule has 2 aromatic carbocycles. The van der Waals surface area contributed by atoms with Gasteiger partial charge in [0.2, 0.25) is 0 Å². The van der Waals surface area contributed by atoms with E-state index in [1.165, 1.54) is 24.3 Å². The van der Waals surface area contributed by atoms with Crippen molar-refractivity contribution in [3.05, 3.63) is 95.0 Å². The van der Waals surface area contributed by atoms with E-state index in [2.05, 4.69) is 0 Å². The Hall–Kier alpha value is -2.65. The zero-order valence-electron chi connectivity index (χ0n) is 12.1. The highest BCUT2D eigenvalue weighted by atomic mass is 35.5. The zero-order chi connectivity index (χ0) is 16.2. The largest absolute Gasteiger partial charge is 0.324 e. The lowest BCUT2D eigenvalue weighted by Gasteiger charge is -2.03. The van der Waals surface area contributed by atoms with Crippen molar-refractivity contribution in [3.8, 4) is 5.69 Å². The van der Waals surface area contributed by atoms with Gasteiger partial charge >= 0.3 is 0 Å². The number of allylic oxidation sites excluding steroid dienone is 1. The number of nitrogens with zero attached hydrogens (tertiary/aromatic N) is 1. The predicted molar refractivity (Wildman–Crippen MR) is 90.5 cm³/mol.